The number of hydrogen-bond donors (Lipinski definition) is 0. The molecule has 0 aromatic carbocycles. The van der Waals surface area contributed by atoms with E-state index < -0.39 is 0 Å². The van der Waals surface area contributed by atoms with Crippen LogP contribution in [0, 0.1) is 6.92 Å². The van der Waals surface area contributed by atoms with Crippen molar-refractivity contribution in [3.63, 3.8) is 0 Å². The molecule has 13 heavy (non-hydrogen) atoms. The lowest BCUT2D eigenvalue weighted by molar-refractivity contribution is 1.13. The zero-order valence-electron chi connectivity index (χ0n) is 7.31. The average Bonchev–Trinajstić information content (AvgIpc) is 2.20. The van der Waals surface area contributed by atoms with Gasteiger partial charge in [-0.15, -0.1) is 0 Å². The Morgan fingerprint density at radius 1 is 1.15 bits per heavy atom. The SMILES string of the molecule is Cc1cncnc1-c1cccnc1. The summed E-state index contributed by atoms with van der Waals surface area (Å²) >= 11 is 0. The summed E-state index contributed by atoms with van der Waals surface area (Å²) in [6.07, 6.45) is 6.90. The first-order chi connectivity index (χ1) is 6.38. The van der Waals surface area contributed by atoms with Gasteiger partial charge in [-0.3, -0.25) is 4.98 Å². The van der Waals surface area contributed by atoms with Crippen molar-refractivity contribution in [3.05, 3.63) is 42.6 Å². The number of hydrogen-bond acceptors (Lipinski definition) is 3. The van der Waals surface area contributed by atoms with Crippen LogP contribution >= 0.6 is 0 Å². The van der Waals surface area contributed by atoms with Crippen molar-refractivity contribution in [1.82, 2.24) is 15.0 Å². The molecule has 0 spiro atoms. The Kier molecular flexibility index (Phi) is 2.00. The summed E-state index contributed by atoms with van der Waals surface area (Å²) in [5, 5.41) is 0. The van der Waals surface area contributed by atoms with E-state index in [4.69, 9.17) is 0 Å². The molecular weight excluding hydrogens is 162 g/mol. The largest absolute Gasteiger partial charge is 0.264 e. The first-order valence-electron chi connectivity index (χ1n) is 4.05. The summed E-state index contributed by atoms with van der Waals surface area (Å²) < 4.78 is 0. The molecule has 0 amide bonds. The van der Waals surface area contributed by atoms with Gasteiger partial charge < -0.3 is 0 Å². The third-order valence-corrected chi connectivity index (χ3v) is 1.83. The summed E-state index contributed by atoms with van der Waals surface area (Å²) in [4.78, 5) is 12.2. The molecule has 0 radical (unpaired) electrons. The van der Waals surface area contributed by atoms with Crippen LogP contribution in [-0.4, -0.2) is 15.0 Å². The standard InChI is InChI=1S/C10H9N3/c1-8-5-12-7-13-10(8)9-3-2-4-11-6-9/h2-7H,1H3. The molecule has 0 aliphatic rings. The Balaban J connectivity index is 2.54. The van der Waals surface area contributed by atoms with Crippen molar-refractivity contribution >= 4 is 0 Å². The molecular formula is C10H9N3. The first kappa shape index (κ1) is 7.86. The van der Waals surface area contributed by atoms with Crippen LogP contribution in [0.25, 0.3) is 11.3 Å². The van der Waals surface area contributed by atoms with E-state index in [1.807, 2.05) is 19.1 Å². The predicted molar refractivity (Wildman–Crippen MR) is 50.0 cm³/mol. The number of nitrogens with zero attached hydrogens (tertiary/aromatic N) is 3. The molecule has 0 fully saturated rings. The quantitative estimate of drug-likeness (QED) is 0.657. The molecule has 3 heteroatoms. The van der Waals surface area contributed by atoms with Gasteiger partial charge in [0.05, 0.1) is 5.69 Å². The predicted octanol–water partition coefficient (Wildman–Crippen LogP) is 1.85. The molecule has 0 saturated carbocycles. The van der Waals surface area contributed by atoms with E-state index in [-0.39, 0.29) is 0 Å². The number of aryl methyl sites for hydroxylation is 1. The van der Waals surface area contributed by atoms with Crippen LogP contribution in [0.5, 0.6) is 0 Å². The number of aromatic nitrogens is 3. The fourth-order valence-corrected chi connectivity index (χ4v) is 1.20. The maximum atomic E-state index is 4.20. The van der Waals surface area contributed by atoms with Crippen LogP contribution in [0.3, 0.4) is 0 Å². The van der Waals surface area contributed by atoms with Gasteiger partial charge in [-0.05, 0) is 24.6 Å². The van der Waals surface area contributed by atoms with Crippen molar-refractivity contribution in [3.8, 4) is 11.3 Å². The number of rotatable bonds is 1. The minimum Gasteiger partial charge on any atom is -0.264 e. The molecule has 0 unspecified atom stereocenters. The van der Waals surface area contributed by atoms with E-state index >= 15 is 0 Å². The Labute approximate surface area is 76.5 Å². The monoisotopic (exact) mass is 171 g/mol. The highest BCUT2D eigenvalue weighted by atomic mass is 14.8. The summed E-state index contributed by atoms with van der Waals surface area (Å²) in [5.41, 5.74) is 3.04. The lowest BCUT2D eigenvalue weighted by Gasteiger charge is -2.01. The molecule has 0 bridgehead atoms. The van der Waals surface area contributed by atoms with Gasteiger partial charge in [0.25, 0.3) is 0 Å². The van der Waals surface area contributed by atoms with Gasteiger partial charge in [0.1, 0.15) is 6.33 Å². The van der Waals surface area contributed by atoms with Gasteiger partial charge in [0, 0.05) is 24.2 Å². The fourth-order valence-electron chi connectivity index (χ4n) is 1.20. The van der Waals surface area contributed by atoms with E-state index in [0.29, 0.717) is 0 Å². The van der Waals surface area contributed by atoms with Crippen molar-refractivity contribution in [1.29, 1.82) is 0 Å². The van der Waals surface area contributed by atoms with Crippen molar-refractivity contribution in [2.45, 2.75) is 6.92 Å². The highest BCUT2D eigenvalue weighted by molar-refractivity contribution is 5.60. The van der Waals surface area contributed by atoms with Crippen LogP contribution in [0.2, 0.25) is 0 Å². The summed E-state index contributed by atoms with van der Waals surface area (Å²) in [7, 11) is 0. The zero-order chi connectivity index (χ0) is 9.10. The Morgan fingerprint density at radius 2 is 2.08 bits per heavy atom. The minimum absolute atomic E-state index is 0.947. The van der Waals surface area contributed by atoms with Crippen LogP contribution in [-0.2, 0) is 0 Å². The van der Waals surface area contributed by atoms with Crippen LogP contribution in [0.1, 0.15) is 5.56 Å². The van der Waals surface area contributed by atoms with Crippen molar-refractivity contribution < 1.29 is 0 Å². The van der Waals surface area contributed by atoms with Crippen LogP contribution in [0.15, 0.2) is 37.1 Å². The summed E-state index contributed by atoms with van der Waals surface area (Å²) in [5.74, 6) is 0. The van der Waals surface area contributed by atoms with E-state index in [2.05, 4.69) is 15.0 Å². The maximum absolute atomic E-state index is 4.20. The third-order valence-electron chi connectivity index (χ3n) is 1.83. The third kappa shape index (κ3) is 1.54. The Hall–Kier alpha value is -1.77. The first-order valence-corrected chi connectivity index (χ1v) is 4.05. The molecule has 0 aliphatic heterocycles. The normalized spacial score (nSPS) is 9.92. The molecule has 0 N–H and O–H groups in total. The Morgan fingerprint density at radius 3 is 2.77 bits per heavy atom. The summed E-state index contributed by atoms with van der Waals surface area (Å²) in [6, 6.07) is 3.89. The van der Waals surface area contributed by atoms with E-state index in [1.54, 1.807) is 24.9 Å². The van der Waals surface area contributed by atoms with Gasteiger partial charge >= 0.3 is 0 Å². The fraction of sp³-hybridized carbons (Fsp3) is 0.100. The molecule has 3 nitrogen and oxygen atoms in total. The van der Waals surface area contributed by atoms with Gasteiger partial charge in [-0.25, -0.2) is 9.97 Å². The highest BCUT2D eigenvalue weighted by Gasteiger charge is 2.01. The van der Waals surface area contributed by atoms with Gasteiger partial charge in [0.2, 0.25) is 0 Å². The van der Waals surface area contributed by atoms with E-state index in [1.165, 1.54) is 0 Å². The molecule has 2 heterocycles. The van der Waals surface area contributed by atoms with Crippen molar-refractivity contribution in [2.24, 2.45) is 0 Å². The molecule has 64 valence electrons. The van der Waals surface area contributed by atoms with E-state index in [0.717, 1.165) is 16.8 Å². The molecule has 2 rings (SSSR count). The molecule has 0 atom stereocenters. The van der Waals surface area contributed by atoms with E-state index in [9.17, 15) is 0 Å². The van der Waals surface area contributed by atoms with Crippen LogP contribution < -0.4 is 0 Å². The molecule has 0 aliphatic carbocycles. The maximum Gasteiger partial charge on any atom is 0.116 e. The lowest BCUT2D eigenvalue weighted by atomic mass is 10.1. The second-order valence-corrected chi connectivity index (χ2v) is 2.80. The average molecular weight is 171 g/mol. The zero-order valence-corrected chi connectivity index (χ0v) is 7.31. The second-order valence-electron chi connectivity index (χ2n) is 2.80. The molecule has 2 aromatic heterocycles. The Bertz CT molecular complexity index is 398. The number of pyridine rings is 1. The lowest BCUT2D eigenvalue weighted by Crippen LogP contribution is -1.89. The topological polar surface area (TPSA) is 38.7 Å². The molecule has 2 aromatic rings. The summed E-state index contributed by atoms with van der Waals surface area (Å²) in [6.45, 7) is 1.99. The second kappa shape index (κ2) is 3.31. The van der Waals surface area contributed by atoms with Crippen molar-refractivity contribution in [2.75, 3.05) is 0 Å². The minimum atomic E-state index is 0.947. The van der Waals surface area contributed by atoms with Crippen LogP contribution in [0.4, 0.5) is 0 Å². The van der Waals surface area contributed by atoms with Gasteiger partial charge in [0.15, 0.2) is 0 Å². The smallest absolute Gasteiger partial charge is 0.116 e. The van der Waals surface area contributed by atoms with Gasteiger partial charge in [-0.2, -0.15) is 0 Å². The van der Waals surface area contributed by atoms with Gasteiger partial charge in [-0.1, -0.05) is 0 Å². The molecule has 0 saturated heterocycles. The highest BCUT2D eigenvalue weighted by Crippen LogP contribution is 2.17.